The molecule has 0 saturated heterocycles. The van der Waals surface area contributed by atoms with Gasteiger partial charge in [0, 0.05) is 7.05 Å². The molecule has 0 spiro atoms. The van der Waals surface area contributed by atoms with E-state index in [0.717, 1.165) is 10.5 Å². The summed E-state index contributed by atoms with van der Waals surface area (Å²) in [5.41, 5.74) is 0.830. The van der Waals surface area contributed by atoms with Gasteiger partial charge in [-0.15, -0.1) is 0 Å². The number of alkyl carbamates (subject to hydrolysis) is 1. The number of amides is 2. The van der Waals surface area contributed by atoms with Gasteiger partial charge in [0.25, 0.3) is 0 Å². The third-order valence-corrected chi connectivity index (χ3v) is 3.70. The fraction of sp³-hybridized carbons (Fsp3) is 0.471. The van der Waals surface area contributed by atoms with Gasteiger partial charge in [-0.2, -0.15) is 0 Å². The number of rotatable bonds is 7. The van der Waals surface area contributed by atoms with E-state index in [4.69, 9.17) is 9.84 Å². The van der Waals surface area contributed by atoms with Crippen molar-refractivity contribution in [1.29, 1.82) is 0 Å². The molecule has 1 aromatic rings. The molecule has 0 aromatic heterocycles. The topological polar surface area (TPSA) is 95.9 Å². The third kappa shape index (κ3) is 5.57. The minimum atomic E-state index is -1.11. The molecular formula is C17H24N2O5. The van der Waals surface area contributed by atoms with E-state index in [-0.39, 0.29) is 12.5 Å². The van der Waals surface area contributed by atoms with Crippen molar-refractivity contribution in [3.63, 3.8) is 0 Å². The summed E-state index contributed by atoms with van der Waals surface area (Å²) in [4.78, 5) is 36.5. The number of benzene rings is 1. The Kier molecular flexibility index (Phi) is 7.23. The van der Waals surface area contributed by atoms with Crippen molar-refractivity contribution in [1.82, 2.24) is 10.2 Å². The van der Waals surface area contributed by atoms with Gasteiger partial charge < -0.3 is 20.1 Å². The van der Waals surface area contributed by atoms with Gasteiger partial charge >= 0.3 is 12.1 Å². The van der Waals surface area contributed by atoms with Gasteiger partial charge in [-0.1, -0.05) is 44.2 Å². The number of ether oxygens (including phenoxy) is 1. The van der Waals surface area contributed by atoms with Crippen molar-refractivity contribution < 1.29 is 24.2 Å². The first kappa shape index (κ1) is 19.5. The molecule has 0 saturated carbocycles. The quantitative estimate of drug-likeness (QED) is 0.792. The Morgan fingerprint density at radius 1 is 1.17 bits per heavy atom. The van der Waals surface area contributed by atoms with Gasteiger partial charge in [0.2, 0.25) is 5.91 Å². The Hall–Kier alpha value is -2.57. The highest BCUT2D eigenvalue weighted by atomic mass is 16.5. The number of nitrogens with zero attached hydrogens (tertiary/aromatic N) is 1. The van der Waals surface area contributed by atoms with Crippen LogP contribution in [-0.2, 0) is 20.9 Å². The molecule has 0 radical (unpaired) electrons. The van der Waals surface area contributed by atoms with E-state index in [2.05, 4.69) is 5.32 Å². The summed E-state index contributed by atoms with van der Waals surface area (Å²) in [6, 6.07) is 7.32. The predicted octanol–water partition coefficient (Wildman–Crippen LogP) is 1.87. The van der Waals surface area contributed by atoms with Crippen LogP contribution in [0.2, 0.25) is 0 Å². The van der Waals surface area contributed by atoms with E-state index in [1.807, 2.05) is 30.3 Å². The van der Waals surface area contributed by atoms with Crippen LogP contribution in [0.15, 0.2) is 30.3 Å². The van der Waals surface area contributed by atoms with Crippen LogP contribution in [-0.4, -0.2) is 47.1 Å². The van der Waals surface area contributed by atoms with Crippen molar-refractivity contribution in [2.45, 2.75) is 39.5 Å². The SMILES string of the molecule is CC(C)[C@H](NC(=O)OCc1ccccc1)C(=O)N(C)[C@@H](C)C(=O)O. The van der Waals surface area contributed by atoms with Crippen LogP contribution in [0.4, 0.5) is 4.79 Å². The first-order valence-electron chi connectivity index (χ1n) is 7.70. The fourth-order valence-electron chi connectivity index (χ4n) is 1.98. The fourth-order valence-corrected chi connectivity index (χ4v) is 1.98. The molecule has 7 heteroatoms. The van der Waals surface area contributed by atoms with Crippen molar-refractivity contribution in [2.24, 2.45) is 5.92 Å². The summed E-state index contributed by atoms with van der Waals surface area (Å²) in [7, 11) is 1.40. The largest absolute Gasteiger partial charge is 0.480 e. The van der Waals surface area contributed by atoms with Gasteiger partial charge in [-0.3, -0.25) is 4.79 Å². The predicted molar refractivity (Wildman–Crippen MR) is 88.3 cm³/mol. The molecule has 24 heavy (non-hydrogen) atoms. The molecule has 2 N–H and O–H groups in total. The Morgan fingerprint density at radius 2 is 1.75 bits per heavy atom. The number of hydrogen-bond acceptors (Lipinski definition) is 4. The van der Waals surface area contributed by atoms with Crippen LogP contribution < -0.4 is 5.32 Å². The van der Waals surface area contributed by atoms with Crippen molar-refractivity contribution in [3.8, 4) is 0 Å². The van der Waals surface area contributed by atoms with Crippen LogP contribution in [0.5, 0.6) is 0 Å². The molecule has 1 rings (SSSR count). The summed E-state index contributed by atoms with van der Waals surface area (Å²) in [6.07, 6.45) is -0.720. The van der Waals surface area contributed by atoms with Gasteiger partial charge in [-0.25, -0.2) is 9.59 Å². The summed E-state index contributed by atoms with van der Waals surface area (Å²) < 4.78 is 5.11. The second kappa shape index (κ2) is 8.90. The number of aliphatic carboxylic acids is 1. The number of carbonyl (C=O) groups excluding carboxylic acids is 2. The molecule has 0 aliphatic carbocycles. The van der Waals surface area contributed by atoms with Crippen LogP contribution in [0.25, 0.3) is 0 Å². The molecule has 0 fully saturated rings. The number of likely N-dealkylation sites (N-methyl/N-ethyl adjacent to an activating group) is 1. The molecule has 0 heterocycles. The standard InChI is InChI=1S/C17H24N2O5/c1-11(2)14(15(20)19(4)12(3)16(21)22)18-17(23)24-10-13-8-6-5-7-9-13/h5-9,11-12,14H,10H2,1-4H3,(H,18,23)(H,21,22)/t12-,14-/m0/s1. The van der Waals surface area contributed by atoms with Gasteiger partial charge in [0.05, 0.1) is 0 Å². The first-order valence-corrected chi connectivity index (χ1v) is 7.70. The molecule has 132 valence electrons. The Balaban J connectivity index is 2.66. The minimum Gasteiger partial charge on any atom is -0.480 e. The van der Waals surface area contributed by atoms with Crippen LogP contribution >= 0.6 is 0 Å². The lowest BCUT2D eigenvalue weighted by molar-refractivity contribution is -0.149. The van der Waals surface area contributed by atoms with E-state index in [0.29, 0.717) is 0 Å². The van der Waals surface area contributed by atoms with Gasteiger partial charge in [-0.05, 0) is 18.4 Å². The van der Waals surface area contributed by atoms with Crippen LogP contribution in [0, 0.1) is 5.92 Å². The molecule has 7 nitrogen and oxygen atoms in total. The second-order valence-corrected chi connectivity index (χ2v) is 5.89. The second-order valence-electron chi connectivity index (χ2n) is 5.89. The van der Waals surface area contributed by atoms with Gasteiger partial charge in [0.15, 0.2) is 0 Å². The molecule has 2 amide bonds. The maximum atomic E-state index is 12.4. The lowest BCUT2D eigenvalue weighted by Crippen LogP contribution is -2.53. The zero-order valence-electron chi connectivity index (χ0n) is 14.4. The van der Waals surface area contributed by atoms with E-state index >= 15 is 0 Å². The van der Waals surface area contributed by atoms with Crippen LogP contribution in [0.1, 0.15) is 26.3 Å². The summed E-state index contributed by atoms with van der Waals surface area (Å²) in [5.74, 6) is -1.80. The molecule has 1 aromatic carbocycles. The smallest absolute Gasteiger partial charge is 0.408 e. The Labute approximate surface area is 141 Å². The van der Waals surface area contributed by atoms with E-state index in [1.165, 1.54) is 14.0 Å². The molecule has 0 unspecified atom stereocenters. The zero-order valence-corrected chi connectivity index (χ0v) is 14.4. The average Bonchev–Trinajstić information content (AvgIpc) is 2.56. The molecule has 2 atom stereocenters. The minimum absolute atomic E-state index is 0.0903. The monoisotopic (exact) mass is 336 g/mol. The van der Waals surface area contributed by atoms with E-state index < -0.39 is 30.1 Å². The maximum absolute atomic E-state index is 12.4. The maximum Gasteiger partial charge on any atom is 0.408 e. The highest BCUT2D eigenvalue weighted by Crippen LogP contribution is 2.09. The Morgan fingerprint density at radius 3 is 2.25 bits per heavy atom. The molecule has 0 bridgehead atoms. The van der Waals surface area contributed by atoms with E-state index in [9.17, 15) is 14.4 Å². The number of carboxylic acids is 1. The summed E-state index contributed by atoms with van der Waals surface area (Å²) >= 11 is 0. The normalized spacial score (nSPS) is 13.0. The molecule has 0 aliphatic rings. The first-order chi connectivity index (χ1) is 11.2. The number of nitrogens with one attached hydrogen (secondary N) is 1. The number of carboxylic acid groups (broad SMARTS) is 1. The lowest BCUT2D eigenvalue weighted by atomic mass is 10.0. The summed E-state index contributed by atoms with van der Waals surface area (Å²) in [6.45, 7) is 5.02. The molecular weight excluding hydrogens is 312 g/mol. The van der Waals surface area contributed by atoms with Crippen molar-refractivity contribution >= 4 is 18.0 Å². The van der Waals surface area contributed by atoms with Gasteiger partial charge in [0.1, 0.15) is 18.7 Å². The Bertz CT molecular complexity index is 574. The number of carbonyl (C=O) groups is 3. The van der Waals surface area contributed by atoms with E-state index in [1.54, 1.807) is 13.8 Å². The summed E-state index contributed by atoms with van der Waals surface area (Å²) in [5, 5.41) is 11.5. The third-order valence-electron chi connectivity index (χ3n) is 3.70. The number of hydrogen-bond donors (Lipinski definition) is 2. The highest BCUT2D eigenvalue weighted by molar-refractivity contribution is 5.89. The van der Waals surface area contributed by atoms with Crippen molar-refractivity contribution in [2.75, 3.05) is 7.05 Å². The molecule has 0 aliphatic heterocycles. The highest BCUT2D eigenvalue weighted by Gasteiger charge is 2.31. The zero-order chi connectivity index (χ0) is 18.3. The van der Waals surface area contributed by atoms with Crippen molar-refractivity contribution in [3.05, 3.63) is 35.9 Å². The van der Waals surface area contributed by atoms with Crippen LogP contribution in [0.3, 0.4) is 0 Å². The lowest BCUT2D eigenvalue weighted by Gasteiger charge is -2.29. The average molecular weight is 336 g/mol.